The second kappa shape index (κ2) is 13.7. The molecule has 0 aliphatic carbocycles. The Bertz CT molecular complexity index is 1620. The van der Waals surface area contributed by atoms with Crippen molar-refractivity contribution in [3.05, 3.63) is 90.0 Å². The number of nitrogens with one attached hydrogen (secondary N) is 1. The molecule has 0 saturated carbocycles. The summed E-state index contributed by atoms with van der Waals surface area (Å²) in [6.45, 7) is 6.89. The van der Waals surface area contributed by atoms with Gasteiger partial charge in [-0.1, -0.05) is 68.1 Å². The molecule has 3 aliphatic heterocycles. The van der Waals surface area contributed by atoms with Gasteiger partial charge in [0.25, 0.3) is 5.91 Å². The maximum Gasteiger partial charge on any atom is 0.259 e. The molecule has 45 heavy (non-hydrogen) atoms. The van der Waals surface area contributed by atoms with Crippen LogP contribution in [0.25, 0.3) is 0 Å². The molecule has 0 radical (unpaired) electrons. The fourth-order valence-electron chi connectivity index (χ4n) is 5.84. The van der Waals surface area contributed by atoms with Gasteiger partial charge in [0, 0.05) is 49.5 Å². The lowest BCUT2D eigenvalue weighted by atomic mass is 10.1. The van der Waals surface area contributed by atoms with Crippen molar-refractivity contribution in [2.75, 3.05) is 36.4 Å². The third-order valence-corrected chi connectivity index (χ3v) is 9.79. The van der Waals surface area contributed by atoms with Gasteiger partial charge in [-0.2, -0.15) is 0 Å². The van der Waals surface area contributed by atoms with Gasteiger partial charge in [0.2, 0.25) is 11.8 Å². The summed E-state index contributed by atoms with van der Waals surface area (Å²) in [5, 5.41) is 2.98. The Kier molecular flexibility index (Phi) is 9.30. The minimum absolute atomic E-state index is 0.0407. The van der Waals surface area contributed by atoms with E-state index in [1.54, 1.807) is 4.90 Å². The van der Waals surface area contributed by atoms with Crippen molar-refractivity contribution in [3.8, 4) is 0 Å². The van der Waals surface area contributed by atoms with Crippen molar-refractivity contribution in [1.29, 1.82) is 0 Å². The van der Waals surface area contributed by atoms with Crippen molar-refractivity contribution < 1.29 is 14.4 Å². The number of hydrogen-bond donors (Lipinski definition) is 1. The van der Waals surface area contributed by atoms with E-state index in [4.69, 9.17) is 9.98 Å². The number of rotatable bonds is 9. The summed E-state index contributed by atoms with van der Waals surface area (Å²) in [5.41, 5.74) is 4.58. The summed E-state index contributed by atoms with van der Waals surface area (Å²) >= 11 is 1.27. The Labute approximate surface area is 268 Å². The molecule has 0 spiro atoms. The zero-order chi connectivity index (χ0) is 31.3. The first kappa shape index (κ1) is 30.6. The molecule has 10 heteroatoms. The lowest BCUT2D eigenvalue weighted by molar-refractivity contribution is -0.132. The van der Waals surface area contributed by atoms with Gasteiger partial charge < -0.3 is 15.1 Å². The van der Waals surface area contributed by atoms with Crippen LogP contribution < -0.4 is 10.2 Å². The molecule has 232 valence electrons. The van der Waals surface area contributed by atoms with E-state index in [2.05, 4.69) is 29.3 Å². The van der Waals surface area contributed by atoms with Crippen LogP contribution in [0, 0.1) is 0 Å². The number of nitrogens with zero attached hydrogens (tertiary/aromatic N) is 5. The maximum atomic E-state index is 13.8. The number of amides is 3. The number of amidine groups is 2. The molecule has 3 amide bonds. The van der Waals surface area contributed by atoms with Gasteiger partial charge in [-0.3, -0.25) is 19.4 Å². The van der Waals surface area contributed by atoms with Crippen molar-refractivity contribution in [2.45, 2.75) is 50.8 Å². The van der Waals surface area contributed by atoms with Crippen LogP contribution in [0.5, 0.6) is 0 Å². The number of anilines is 2. The number of carbonyl (C=O) groups excluding carboxylic acids is 3. The Hall–Kier alpha value is -4.44. The summed E-state index contributed by atoms with van der Waals surface area (Å²) in [6.07, 6.45) is 2.04. The van der Waals surface area contributed by atoms with Crippen LogP contribution >= 0.6 is 11.8 Å². The van der Waals surface area contributed by atoms with E-state index in [0.29, 0.717) is 42.6 Å². The van der Waals surface area contributed by atoms with Gasteiger partial charge in [-0.05, 0) is 61.2 Å². The van der Waals surface area contributed by atoms with Crippen molar-refractivity contribution in [2.24, 2.45) is 9.98 Å². The lowest BCUT2D eigenvalue weighted by Crippen LogP contribution is -2.49. The number of piperazine rings is 1. The summed E-state index contributed by atoms with van der Waals surface area (Å²) in [5.74, 6) is 0.220. The van der Waals surface area contributed by atoms with Crippen LogP contribution in [0.2, 0.25) is 0 Å². The van der Waals surface area contributed by atoms with Crippen LogP contribution in [-0.4, -0.2) is 76.0 Å². The number of aliphatic imine (C=N–C) groups is 2. The molecule has 1 N–H and O–H groups in total. The minimum Gasteiger partial charge on any atom is -0.368 e. The van der Waals surface area contributed by atoms with Gasteiger partial charge in [0.05, 0.1) is 10.9 Å². The number of benzene rings is 3. The van der Waals surface area contributed by atoms with Crippen LogP contribution in [0.1, 0.15) is 44.2 Å². The monoisotopic (exact) mass is 622 g/mol. The highest BCUT2D eigenvalue weighted by Crippen LogP contribution is 2.36. The van der Waals surface area contributed by atoms with Gasteiger partial charge in [-0.25, -0.2) is 9.89 Å². The van der Waals surface area contributed by atoms with E-state index >= 15 is 0 Å². The topological polar surface area (TPSA) is 97.7 Å². The molecular weight excluding hydrogens is 584 g/mol. The molecule has 3 aromatic carbocycles. The van der Waals surface area contributed by atoms with E-state index < -0.39 is 11.3 Å². The zero-order valence-electron chi connectivity index (χ0n) is 25.7. The quantitative estimate of drug-likeness (QED) is 0.341. The largest absolute Gasteiger partial charge is 0.368 e. The molecule has 1 saturated heterocycles. The third kappa shape index (κ3) is 6.66. The Morgan fingerprint density at radius 2 is 1.64 bits per heavy atom. The van der Waals surface area contributed by atoms with Crippen molar-refractivity contribution in [3.63, 3.8) is 0 Å². The number of fused-ring (bicyclic) bond motifs is 3. The number of hydrogen-bond acceptors (Lipinski definition) is 7. The molecule has 3 heterocycles. The third-order valence-electron chi connectivity index (χ3n) is 8.47. The van der Waals surface area contributed by atoms with Crippen LogP contribution in [0.3, 0.4) is 0 Å². The molecule has 6 rings (SSSR count). The molecule has 2 atom stereocenters. The number of aryl methyl sites for hydroxylation is 1. The molecule has 0 aromatic heterocycles. The molecule has 3 aliphatic rings. The number of para-hydroxylation sites is 2. The van der Waals surface area contributed by atoms with Gasteiger partial charge in [-0.15, -0.1) is 0 Å². The minimum atomic E-state index is -0.683. The Morgan fingerprint density at radius 1 is 0.933 bits per heavy atom. The summed E-state index contributed by atoms with van der Waals surface area (Å²) in [4.78, 5) is 55.7. The zero-order valence-corrected chi connectivity index (χ0v) is 26.5. The van der Waals surface area contributed by atoms with E-state index in [9.17, 15) is 14.4 Å². The van der Waals surface area contributed by atoms with Crippen molar-refractivity contribution in [1.82, 2.24) is 9.80 Å². The molecule has 9 nitrogen and oxygen atoms in total. The fraction of sp³-hybridized carbons (Fsp3) is 0.343. The first-order chi connectivity index (χ1) is 21.9. The standard InChI is InChI=1S/C35H38N6O3S/c1-3-24-14-16-25(17-15-24)36-33(43)30(4-2)45-35-38-28-13-9-8-12-27(28)32-37-29(34(44)41(32)35)18-19-31(42)40-22-20-39(21-23-40)26-10-6-5-7-11-26/h5-17,29-30H,3-4,18-23H2,1-2H3,(H,36,43)/t29-,30-/m0/s1. The predicted octanol–water partition coefficient (Wildman–Crippen LogP) is 5.49. The van der Waals surface area contributed by atoms with Crippen LogP contribution in [-0.2, 0) is 20.8 Å². The average Bonchev–Trinajstić information content (AvgIpc) is 3.43. The summed E-state index contributed by atoms with van der Waals surface area (Å²) in [6, 6.07) is 25.0. The van der Waals surface area contributed by atoms with E-state index in [1.165, 1.54) is 17.3 Å². The fourth-order valence-corrected chi connectivity index (χ4v) is 6.86. The SMILES string of the molecule is CCc1ccc(NC(=O)[C@H](CC)SC2=Nc3ccccc3C3=N[C@@H](CCC(=O)N4CCN(c5ccccc5)CC4)C(=O)N23)cc1. The highest BCUT2D eigenvalue weighted by molar-refractivity contribution is 8.15. The Morgan fingerprint density at radius 3 is 2.36 bits per heavy atom. The molecule has 1 fully saturated rings. The lowest BCUT2D eigenvalue weighted by Gasteiger charge is -2.36. The maximum absolute atomic E-state index is 13.8. The smallest absolute Gasteiger partial charge is 0.259 e. The van der Waals surface area contributed by atoms with E-state index in [-0.39, 0.29) is 24.1 Å². The van der Waals surface area contributed by atoms with Gasteiger partial charge >= 0.3 is 0 Å². The van der Waals surface area contributed by atoms with E-state index in [1.807, 2.05) is 78.6 Å². The average molecular weight is 623 g/mol. The first-order valence-electron chi connectivity index (χ1n) is 15.7. The predicted molar refractivity (Wildman–Crippen MR) is 181 cm³/mol. The van der Waals surface area contributed by atoms with Crippen LogP contribution in [0.15, 0.2) is 88.8 Å². The second-order valence-corrected chi connectivity index (χ2v) is 12.5. The highest BCUT2D eigenvalue weighted by Gasteiger charge is 2.42. The van der Waals surface area contributed by atoms with Crippen molar-refractivity contribution >= 4 is 57.5 Å². The van der Waals surface area contributed by atoms with Crippen LogP contribution in [0.4, 0.5) is 17.1 Å². The summed E-state index contributed by atoms with van der Waals surface area (Å²) in [7, 11) is 0. The van der Waals surface area contributed by atoms with E-state index in [0.717, 1.165) is 36.4 Å². The van der Waals surface area contributed by atoms with Gasteiger partial charge in [0.15, 0.2) is 5.17 Å². The Balaban J connectivity index is 1.12. The second-order valence-electron chi connectivity index (χ2n) is 11.4. The molecule has 3 aromatic rings. The number of carbonyl (C=O) groups is 3. The van der Waals surface area contributed by atoms with Gasteiger partial charge in [0.1, 0.15) is 11.9 Å². The summed E-state index contributed by atoms with van der Waals surface area (Å²) < 4.78 is 0. The first-order valence-corrected chi connectivity index (χ1v) is 16.6. The number of thioether (sulfide) groups is 1. The molecule has 0 unspecified atom stereocenters. The normalized spacial score (nSPS) is 18.1. The molecular formula is C35H38N6O3S. The molecule has 0 bridgehead atoms. The highest BCUT2D eigenvalue weighted by atomic mass is 32.2.